The highest BCUT2D eigenvalue weighted by Gasteiger charge is 2.28. The predicted molar refractivity (Wildman–Crippen MR) is 110 cm³/mol. The van der Waals surface area contributed by atoms with Crippen LogP contribution in [0.5, 0.6) is 11.5 Å². The maximum Gasteiger partial charge on any atom is 0.266 e. The molecule has 4 rings (SSSR count). The topological polar surface area (TPSA) is 78.3 Å². The first kappa shape index (κ1) is 20.5. The smallest absolute Gasteiger partial charge is 0.266 e. The normalized spacial score (nSPS) is 24.6. The van der Waals surface area contributed by atoms with Gasteiger partial charge in [0, 0.05) is 52.0 Å². The fourth-order valence-corrected chi connectivity index (χ4v) is 4.18. The number of hydrogen-bond acceptors (Lipinski definition) is 7. The van der Waals surface area contributed by atoms with Crippen molar-refractivity contribution >= 4 is 5.91 Å². The van der Waals surface area contributed by atoms with E-state index in [-0.39, 0.29) is 30.5 Å². The number of benzene rings is 1. The van der Waals surface area contributed by atoms with Crippen LogP contribution in [0, 0.1) is 11.3 Å². The van der Waals surface area contributed by atoms with Crippen molar-refractivity contribution in [3.8, 4) is 17.6 Å². The number of rotatable bonds is 4. The van der Waals surface area contributed by atoms with E-state index in [1.165, 1.54) is 5.56 Å². The predicted octanol–water partition coefficient (Wildman–Crippen LogP) is 1.58. The largest absolute Gasteiger partial charge is 0.454 e. The van der Waals surface area contributed by atoms with Crippen LogP contribution < -0.4 is 9.47 Å². The van der Waals surface area contributed by atoms with E-state index < -0.39 is 0 Å². The Hall–Kier alpha value is -2.76. The summed E-state index contributed by atoms with van der Waals surface area (Å²) in [7, 11) is 0. The molecule has 2 atom stereocenters. The lowest BCUT2D eigenvalue weighted by atomic mass is 10.1. The molecule has 8 heteroatoms. The molecule has 0 N–H and O–H groups in total. The molecule has 3 aliphatic heterocycles. The number of carbonyl (C=O) groups excluding carboxylic acids is 1. The quantitative estimate of drug-likeness (QED) is 0.549. The van der Waals surface area contributed by atoms with Gasteiger partial charge in [-0.1, -0.05) is 6.07 Å². The summed E-state index contributed by atoms with van der Waals surface area (Å²) in [6, 6.07) is 8.15. The van der Waals surface area contributed by atoms with E-state index in [9.17, 15) is 10.1 Å². The van der Waals surface area contributed by atoms with Crippen molar-refractivity contribution in [2.75, 3.05) is 46.1 Å². The molecule has 1 aromatic rings. The molecule has 0 bridgehead atoms. The molecule has 3 aliphatic rings. The first-order valence-corrected chi connectivity index (χ1v) is 10.4. The lowest BCUT2D eigenvalue weighted by Gasteiger charge is -2.36. The highest BCUT2D eigenvalue weighted by atomic mass is 16.7. The van der Waals surface area contributed by atoms with Gasteiger partial charge < -0.3 is 24.0 Å². The molecule has 0 spiro atoms. The summed E-state index contributed by atoms with van der Waals surface area (Å²) in [5, 5.41) is 9.56. The molecule has 0 aliphatic carbocycles. The summed E-state index contributed by atoms with van der Waals surface area (Å²) in [5.41, 5.74) is 1.38. The van der Waals surface area contributed by atoms with Crippen molar-refractivity contribution in [3.05, 3.63) is 35.5 Å². The summed E-state index contributed by atoms with van der Waals surface area (Å²) < 4.78 is 16.5. The second kappa shape index (κ2) is 8.94. The first-order chi connectivity index (χ1) is 14.5. The Balaban J connectivity index is 1.32. The molecule has 1 aromatic carbocycles. The number of morpholine rings is 1. The maximum atomic E-state index is 12.8. The van der Waals surface area contributed by atoms with E-state index >= 15 is 0 Å². The van der Waals surface area contributed by atoms with Crippen LogP contribution >= 0.6 is 0 Å². The van der Waals surface area contributed by atoms with E-state index in [1.807, 2.05) is 26.0 Å². The van der Waals surface area contributed by atoms with Crippen LogP contribution in [0.3, 0.4) is 0 Å². The Kier molecular flexibility index (Phi) is 6.11. The van der Waals surface area contributed by atoms with Crippen molar-refractivity contribution < 1.29 is 19.0 Å². The number of hydrogen-bond donors (Lipinski definition) is 0. The number of nitrogens with zero attached hydrogens (tertiary/aromatic N) is 4. The van der Waals surface area contributed by atoms with Gasteiger partial charge in [0.05, 0.1) is 12.2 Å². The van der Waals surface area contributed by atoms with Gasteiger partial charge >= 0.3 is 0 Å². The minimum atomic E-state index is -0.206. The van der Waals surface area contributed by atoms with E-state index in [0.29, 0.717) is 13.1 Å². The monoisotopic (exact) mass is 412 g/mol. The molecule has 0 aromatic heterocycles. The van der Waals surface area contributed by atoms with E-state index in [4.69, 9.17) is 14.2 Å². The van der Waals surface area contributed by atoms with Crippen LogP contribution in [0.4, 0.5) is 0 Å². The summed E-state index contributed by atoms with van der Waals surface area (Å²) in [6.07, 6.45) is 1.69. The third-order valence-electron chi connectivity index (χ3n) is 5.62. The zero-order chi connectivity index (χ0) is 21.1. The van der Waals surface area contributed by atoms with Crippen LogP contribution in [-0.2, 0) is 16.1 Å². The lowest BCUT2D eigenvalue weighted by Crippen LogP contribution is -2.49. The summed E-state index contributed by atoms with van der Waals surface area (Å²) in [4.78, 5) is 19.0. The fraction of sp³-hybridized carbons (Fsp3) is 0.545. The van der Waals surface area contributed by atoms with Crippen LogP contribution in [0.1, 0.15) is 19.4 Å². The number of amides is 1. The molecule has 2 saturated heterocycles. The van der Waals surface area contributed by atoms with Crippen molar-refractivity contribution in [1.29, 1.82) is 5.26 Å². The molecule has 0 radical (unpaired) electrons. The van der Waals surface area contributed by atoms with Gasteiger partial charge in [-0.2, -0.15) is 5.26 Å². The Morgan fingerprint density at radius 2 is 1.83 bits per heavy atom. The third-order valence-corrected chi connectivity index (χ3v) is 5.62. The Morgan fingerprint density at radius 3 is 2.53 bits per heavy atom. The minimum Gasteiger partial charge on any atom is -0.454 e. The van der Waals surface area contributed by atoms with Crippen LogP contribution in [0.15, 0.2) is 30.0 Å². The summed E-state index contributed by atoms with van der Waals surface area (Å²) >= 11 is 0. The zero-order valence-corrected chi connectivity index (χ0v) is 17.5. The third kappa shape index (κ3) is 4.69. The van der Waals surface area contributed by atoms with Gasteiger partial charge in [-0.05, 0) is 31.5 Å². The van der Waals surface area contributed by atoms with Crippen molar-refractivity contribution in [1.82, 2.24) is 14.7 Å². The Bertz CT molecular complexity index is 847. The average molecular weight is 412 g/mol. The molecule has 1 amide bonds. The highest BCUT2D eigenvalue weighted by Crippen LogP contribution is 2.32. The zero-order valence-electron chi connectivity index (χ0n) is 17.5. The maximum absolute atomic E-state index is 12.8. The van der Waals surface area contributed by atoms with Crippen molar-refractivity contribution in [2.24, 2.45) is 0 Å². The van der Waals surface area contributed by atoms with Crippen molar-refractivity contribution in [2.45, 2.75) is 32.6 Å². The molecule has 30 heavy (non-hydrogen) atoms. The summed E-state index contributed by atoms with van der Waals surface area (Å²) in [6.45, 7) is 9.34. The molecule has 0 saturated carbocycles. The Labute approximate surface area is 177 Å². The van der Waals surface area contributed by atoms with Gasteiger partial charge in [0.1, 0.15) is 11.6 Å². The number of fused-ring (bicyclic) bond motifs is 1. The highest BCUT2D eigenvalue weighted by molar-refractivity contribution is 5.97. The van der Waals surface area contributed by atoms with Crippen LogP contribution in [0.25, 0.3) is 0 Å². The van der Waals surface area contributed by atoms with E-state index in [2.05, 4.69) is 21.9 Å². The number of piperazine rings is 1. The van der Waals surface area contributed by atoms with Gasteiger partial charge in [-0.15, -0.1) is 0 Å². The molecular weight excluding hydrogens is 384 g/mol. The SMILES string of the molecule is CC1CN(C(=O)/C(C#N)=C\N2CCN(Cc3ccc4c(c3)OCO4)CC2)CC(C)O1. The molecule has 8 nitrogen and oxygen atoms in total. The van der Waals surface area contributed by atoms with Gasteiger partial charge in [-0.3, -0.25) is 9.69 Å². The fourth-order valence-electron chi connectivity index (χ4n) is 4.18. The lowest BCUT2D eigenvalue weighted by molar-refractivity contribution is -0.138. The average Bonchev–Trinajstić information content (AvgIpc) is 3.20. The molecular formula is C22H28N4O4. The van der Waals surface area contributed by atoms with Gasteiger partial charge in [-0.25, -0.2) is 0 Å². The second-order valence-electron chi connectivity index (χ2n) is 8.12. The van der Waals surface area contributed by atoms with Gasteiger partial charge in [0.15, 0.2) is 11.5 Å². The van der Waals surface area contributed by atoms with Crippen LogP contribution in [0.2, 0.25) is 0 Å². The second-order valence-corrected chi connectivity index (χ2v) is 8.12. The minimum absolute atomic E-state index is 0.0163. The summed E-state index contributed by atoms with van der Waals surface area (Å²) in [5.74, 6) is 1.40. The van der Waals surface area contributed by atoms with E-state index in [1.54, 1.807) is 11.1 Å². The molecule has 3 heterocycles. The first-order valence-electron chi connectivity index (χ1n) is 10.4. The molecule has 2 fully saturated rings. The van der Waals surface area contributed by atoms with Gasteiger partial charge in [0.25, 0.3) is 5.91 Å². The number of carbonyl (C=O) groups is 1. The standard InChI is InChI=1S/C22H28N4O4/c1-16-11-26(12-17(2)30-16)22(27)19(10-23)14-25-7-5-24(6-8-25)13-18-3-4-20-21(9-18)29-15-28-20/h3-4,9,14,16-17H,5-8,11-13,15H2,1-2H3/b19-14-. The molecule has 160 valence electrons. The molecule has 2 unspecified atom stereocenters. The number of ether oxygens (including phenoxy) is 3. The van der Waals surface area contributed by atoms with E-state index in [0.717, 1.165) is 44.2 Å². The Morgan fingerprint density at radius 1 is 1.13 bits per heavy atom. The van der Waals surface area contributed by atoms with Crippen LogP contribution in [-0.4, -0.2) is 78.9 Å². The van der Waals surface area contributed by atoms with Crippen molar-refractivity contribution in [3.63, 3.8) is 0 Å². The number of nitriles is 1. The van der Waals surface area contributed by atoms with Gasteiger partial charge in [0.2, 0.25) is 6.79 Å².